The molecule has 2 fully saturated rings. The van der Waals surface area contributed by atoms with Gasteiger partial charge in [-0.15, -0.1) is 0 Å². The lowest BCUT2D eigenvalue weighted by atomic mass is 9.89. The van der Waals surface area contributed by atoms with Crippen LogP contribution in [0.5, 0.6) is 0 Å². The van der Waals surface area contributed by atoms with E-state index in [9.17, 15) is 0 Å². The average Bonchev–Trinajstić information content (AvgIpc) is 3.35. The standard InChI is InChI=1S/C27H37N5/c1-30-14-21-16-32(17-22(21)15-30)25-9-4-7-20-13-29-23(12-24(20)25)18-31(2)26-10-3-6-19-8-5-11-28-27(19)26/h4-5,7-9,11,21-23,26,29H,3,6,10,12-18H2,1-2H3/t21-,22+,23-,26+/m1/s1. The number of nitrogens with one attached hydrogen (secondary N) is 1. The van der Waals surface area contributed by atoms with Crippen molar-refractivity contribution in [3.05, 3.63) is 58.9 Å². The van der Waals surface area contributed by atoms with Gasteiger partial charge in [0.25, 0.3) is 0 Å². The summed E-state index contributed by atoms with van der Waals surface area (Å²) in [6, 6.07) is 12.3. The minimum atomic E-state index is 0.452. The highest BCUT2D eigenvalue weighted by molar-refractivity contribution is 5.59. The van der Waals surface area contributed by atoms with E-state index in [1.54, 1.807) is 5.56 Å². The van der Waals surface area contributed by atoms with Crippen LogP contribution in [0.4, 0.5) is 5.69 Å². The van der Waals surface area contributed by atoms with Gasteiger partial charge >= 0.3 is 0 Å². The smallest absolute Gasteiger partial charge is 0.0607 e. The van der Waals surface area contributed by atoms with Gasteiger partial charge in [0.05, 0.1) is 11.7 Å². The van der Waals surface area contributed by atoms with Crippen LogP contribution < -0.4 is 10.2 Å². The molecule has 32 heavy (non-hydrogen) atoms. The molecule has 170 valence electrons. The molecule has 0 radical (unpaired) electrons. The lowest BCUT2D eigenvalue weighted by Gasteiger charge is -2.37. The van der Waals surface area contributed by atoms with Crippen LogP contribution in [0.25, 0.3) is 0 Å². The Kier molecular flexibility index (Phi) is 5.44. The molecule has 0 bridgehead atoms. The minimum Gasteiger partial charge on any atom is -0.371 e. The molecule has 1 N–H and O–H groups in total. The molecule has 2 aromatic rings. The number of pyridine rings is 1. The number of hydrogen-bond donors (Lipinski definition) is 1. The van der Waals surface area contributed by atoms with E-state index in [4.69, 9.17) is 4.98 Å². The maximum absolute atomic E-state index is 4.78. The van der Waals surface area contributed by atoms with Gasteiger partial charge in [0.1, 0.15) is 0 Å². The largest absolute Gasteiger partial charge is 0.371 e. The van der Waals surface area contributed by atoms with Crippen LogP contribution in [0.1, 0.15) is 41.3 Å². The number of nitrogens with zero attached hydrogens (tertiary/aromatic N) is 4. The molecule has 1 aromatic carbocycles. The number of benzene rings is 1. The molecule has 5 heteroatoms. The van der Waals surface area contributed by atoms with E-state index in [-0.39, 0.29) is 0 Å². The highest BCUT2D eigenvalue weighted by atomic mass is 15.2. The maximum atomic E-state index is 4.78. The van der Waals surface area contributed by atoms with Crippen LogP contribution in [0.3, 0.4) is 0 Å². The first-order valence-electron chi connectivity index (χ1n) is 12.6. The summed E-state index contributed by atoms with van der Waals surface area (Å²) in [6.07, 6.45) is 6.77. The van der Waals surface area contributed by atoms with E-state index < -0.39 is 0 Å². The number of aryl methyl sites for hydroxylation is 1. The van der Waals surface area contributed by atoms with E-state index in [2.05, 4.69) is 64.4 Å². The Morgan fingerprint density at radius 2 is 1.88 bits per heavy atom. The summed E-state index contributed by atoms with van der Waals surface area (Å²) < 4.78 is 0. The topological polar surface area (TPSA) is 34.6 Å². The number of hydrogen-bond acceptors (Lipinski definition) is 5. The molecule has 1 aromatic heterocycles. The van der Waals surface area contributed by atoms with Crippen molar-refractivity contribution in [1.29, 1.82) is 0 Å². The van der Waals surface area contributed by atoms with Gasteiger partial charge < -0.3 is 15.1 Å². The Labute approximate surface area is 192 Å². The molecule has 0 saturated carbocycles. The average molecular weight is 432 g/mol. The number of fused-ring (bicyclic) bond motifs is 3. The first-order valence-corrected chi connectivity index (χ1v) is 12.6. The lowest BCUT2D eigenvalue weighted by Crippen LogP contribution is -2.45. The van der Waals surface area contributed by atoms with Crippen LogP contribution >= 0.6 is 0 Å². The molecule has 6 rings (SSSR count). The molecular formula is C27H37N5. The molecule has 4 atom stereocenters. The van der Waals surface area contributed by atoms with E-state index >= 15 is 0 Å². The van der Waals surface area contributed by atoms with Crippen molar-refractivity contribution in [2.45, 2.75) is 44.3 Å². The molecule has 5 nitrogen and oxygen atoms in total. The third kappa shape index (κ3) is 3.74. The second kappa shape index (κ2) is 8.44. The molecule has 0 spiro atoms. The Morgan fingerprint density at radius 1 is 1.06 bits per heavy atom. The third-order valence-corrected chi connectivity index (χ3v) is 8.50. The summed E-state index contributed by atoms with van der Waals surface area (Å²) in [5.74, 6) is 1.69. The second-order valence-corrected chi connectivity index (χ2v) is 10.7. The van der Waals surface area contributed by atoms with Crippen LogP contribution in [-0.2, 0) is 19.4 Å². The number of aromatic nitrogens is 1. The van der Waals surface area contributed by atoms with Crippen molar-refractivity contribution in [2.75, 3.05) is 51.7 Å². The second-order valence-electron chi connectivity index (χ2n) is 10.7. The van der Waals surface area contributed by atoms with Gasteiger partial charge in [0, 0.05) is 57.2 Å². The van der Waals surface area contributed by atoms with Crippen molar-refractivity contribution in [2.24, 2.45) is 11.8 Å². The molecule has 3 aliphatic heterocycles. The van der Waals surface area contributed by atoms with E-state index in [0.29, 0.717) is 12.1 Å². The van der Waals surface area contributed by atoms with E-state index in [1.165, 1.54) is 67.9 Å². The van der Waals surface area contributed by atoms with Gasteiger partial charge in [-0.3, -0.25) is 9.88 Å². The maximum Gasteiger partial charge on any atom is 0.0607 e. The zero-order valence-corrected chi connectivity index (χ0v) is 19.6. The normalized spacial score (nSPS) is 29.8. The Morgan fingerprint density at radius 3 is 2.72 bits per heavy atom. The summed E-state index contributed by atoms with van der Waals surface area (Å²) in [6.45, 7) is 7.06. The zero-order chi connectivity index (χ0) is 21.7. The number of rotatable bonds is 4. The monoisotopic (exact) mass is 431 g/mol. The van der Waals surface area contributed by atoms with Gasteiger partial charge in [0.2, 0.25) is 0 Å². The fourth-order valence-electron chi connectivity index (χ4n) is 6.93. The predicted octanol–water partition coefficient (Wildman–Crippen LogP) is 3.10. The molecule has 1 aliphatic carbocycles. The Bertz CT molecular complexity index is 960. The van der Waals surface area contributed by atoms with Crippen LogP contribution in [-0.4, -0.2) is 67.6 Å². The van der Waals surface area contributed by atoms with Crippen LogP contribution in [0, 0.1) is 11.8 Å². The first kappa shape index (κ1) is 20.6. The van der Waals surface area contributed by atoms with Crippen LogP contribution in [0.2, 0.25) is 0 Å². The predicted molar refractivity (Wildman–Crippen MR) is 130 cm³/mol. The first-order chi connectivity index (χ1) is 15.7. The molecule has 4 aliphatic rings. The quantitative estimate of drug-likeness (QED) is 0.805. The van der Waals surface area contributed by atoms with Gasteiger partial charge in [-0.2, -0.15) is 0 Å². The zero-order valence-electron chi connectivity index (χ0n) is 19.6. The number of likely N-dealkylation sites (tertiary alicyclic amines) is 1. The highest BCUT2D eigenvalue weighted by Crippen LogP contribution is 2.37. The Balaban J connectivity index is 1.17. The molecular weight excluding hydrogens is 394 g/mol. The third-order valence-electron chi connectivity index (χ3n) is 8.50. The Hall–Kier alpha value is -1.95. The SMILES string of the molecule is CN1C[C@@H]2CN(c3cccc4c3C[C@H](CN(C)[C@H]3CCCc5cccnc53)NC4)C[C@@H]2C1. The summed E-state index contributed by atoms with van der Waals surface area (Å²) in [5, 5.41) is 3.85. The van der Waals surface area contributed by atoms with Gasteiger partial charge in [-0.25, -0.2) is 0 Å². The van der Waals surface area contributed by atoms with Gasteiger partial charge in [-0.1, -0.05) is 18.2 Å². The van der Waals surface area contributed by atoms with Crippen molar-refractivity contribution in [3.63, 3.8) is 0 Å². The molecule has 0 unspecified atom stereocenters. The fraction of sp³-hybridized carbons (Fsp3) is 0.593. The van der Waals surface area contributed by atoms with Crippen molar-refractivity contribution >= 4 is 5.69 Å². The number of anilines is 1. The van der Waals surface area contributed by atoms with E-state index in [1.807, 2.05) is 6.20 Å². The number of likely N-dealkylation sites (N-methyl/N-ethyl adjacent to an activating group) is 1. The van der Waals surface area contributed by atoms with Crippen LogP contribution in [0.15, 0.2) is 36.5 Å². The summed E-state index contributed by atoms with van der Waals surface area (Å²) in [5.41, 5.74) is 7.37. The van der Waals surface area contributed by atoms with Gasteiger partial charge in [0.15, 0.2) is 0 Å². The fourth-order valence-corrected chi connectivity index (χ4v) is 6.93. The lowest BCUT2D eigenvalue weighted by molar-refractivity contribution is 0.191. The summed E-state index contributed by atoms with van der Waals surface area (Å²) in [4.78, 5) is 12.6. The highest BCUT2D eigenvalue weighted by Gasteiger charge is 2.39. The van der Waals surface area contributed by atoms with Crippen molar-refractivity contribution in [1.82, 2.24) is 20.1 Å². The summed E-state index contributed by atoms with van der Waals surface area (Å²) >= 11 is 0. The van der Waals surface area contributed by atoms with E-state index in [0.717, 1.165) is 31.3 Å². The van der Waals surface area contributed by atoms with Crippen molar-refractivity contribution in [3.8, 4) is 0 Å². The molecule has 4 heterocycles. The molecule has 2 saturated heterocycles. The summed E-state index contributed by atoms with van der Waals surface area (Å²) in [7, 11) is 4.58. The van der Waals surface area contributed by atoms with Gasteiger partial charge in [-0.05, 0) is 80.4 Å². The minimum absolute atomic E-state index is 0.452. The molecule has 0 amide bonds. The van der Waals surface area contributed by atoms with Crippen molar-refractivity contribution < 1.29 is 0 Å².